The highest BCUT2D eigenvalue weighted by atomic mass is 127. The summed E-state index contributed by atoms with van der Waals surface area (Å²) in [7, 11) is 1.73. The Bertz CT molecular complexity index is 534. The molecule has 0 amide bonds. The standard InChI is InChI=1S/C16H22F3N3O.HI/c1-11-7-14(11)22-15(20-2)21-8-12-3-5-13(6-4-12)9-23-10-16(17,18)19;/h3-6,11,14H,7-10H2,1-2H3,(H2,20,21,22);1H. The van der Waals surface area contributed by atoms with Crippen LogP contribution in [-0.2, 0) is 17.9 Å². The predicted octanol–water partition coefficient (Wildman–Crippen LogP) is 3.46. The third-order valence-corrected chi connectivity index (χ3v) is 3.67. The van der Waals surface area contributed by atoms with Crippen LogP contribution < -0.4 is 10.6 Å². The molecular formula is C16H23F3IN3O. The highest BCUT2D eigenvalue weighted by molar-refractivity contribution is 14.0. The Hall–Kier alpha value is -1.03. The van der Waals surface area contributed by atoms with Crippen molar-refractivity contribution in [2.75, 3.05) is 13.7 Å². The largest absolute Gasteiger partial charge is 0.411 e. The van der Waals surface area contributed by atoms with Gasteiger partial charge in [-0.05, 0) is 23.5 Å². The molecule has 0 heterocycles. The lowest BCUT2D eigenvalue weighted by molar-refractivity contribution is -0.176. The highest BCUT2D eigenvalue weighted by Crippen LogP contribution is 2.28. The first-order chi connectivity index (χ1) is 10.9. The summed E-state index contributed by atoms with van der Waals surface area (Å²) in [5, 5.41) is 6.55. The van der Waals surface area contributed by atoms with E-state index in [1.54, 1.807) is 19.2 Å². The third kappa shape index (κ3) is 7.69. The average Bonchev–Trinajstić information content (AvgIpc) is 3.18. The lowest BCUT2D eigenvalue weighted by Gasteiger charge is -2.12. The number of hydrogen-bond acceptors (Lipinski definition) is 2. The van der Waals surface area contributed by atoms with Crippen molar-refractivity contribution in [3.8, 4) is 0 Å². The smallest absolute Gasteiger partial charge is 0.367 e. The molecule has 4 nitrogen and oxygen atoms in total. The minimum atomic E-state index is -4.29. The number of alkyl halides is 3. The topological polar surface area (TPSA) is 45.7 Å². The first kappa shape index (κ1) is 21.0. The second-order valence-electron chi connectivity index (χ2n) is 5.81. The van der Waals surface area contributed by atoms with E-state index in [1.807, 2.05) is 12.1 Å². The third-order valence-electron chi connectivity index (χ3n) is 3.67. The molecule has 1 fully saturated rings. The number of nitrogens with one attached hydrogen (secondary N) is 2. The van der Waals surface area contributed by atoms with E-state index in [4.69, 9.17) is 0 Å². The molecule has 1 aromatic carbocycles. The molecule has 2 N–H and O–H groups in total. The fraction of sp³-hybridized carbons (Fsp3) is 0.562. The van der Waals surface area contributed by atoms with Gasteiger partial charge in [0.15, 0.2) is 5.96 Å². The summed E-state index contributed by atoms with van der Waals surface area (Å²) in [6.07, 6.45) is -3.13. The van der Waals surface area contributed by atoms with E-state index in [-0.39, 0.29) is 30.6 Å². The fourth-order valence-corrected chi connectivity index (χ4v) is 2.12. The number of guanidine groups is 1. The molecule has 0 aromatic heterocycles. The molecule has 1 saturated carbocycles. The van der Waals surface area contributed by atoms with Gasteiger partial charge < -0.3 is 15.4 Å². The van der Waals surface area contributed by atoms with Gasteiger partial charge in [0, 0.05) is 19.6 Å². The monoisotopic (exact) mass is 457 g/mol. The Morgan fingerprint density at radius 2 is 1.83 bits per heavy atom. The number of benzene rings is 1. The number of nitrogens with zero attached hydrogens (tertiary/aromatic N) is 1. The molecule has 0 bridgehead atoms. The highest BCUT2D eigenvalue weighted by Gasteiger charge is 2.33. The molecule has 0 radical (unpaired) electrons. The van der Waals surface area contributed by atoms with E-state index < -0.39 is 12.8 Å². The number of rotatable bonds is 6. The second kappa shape index (κ2) is 9.45. The zero-order valence-electron chi connectivity index (χ0n) is 13.7. The van der Waals surface area contributed by atoms with Gasteiger partial charge in [0.1, 0.15) is 6.61 Å². The van der Waals surface area contributed by atoms with E-state index in [1.165, 1.54) is 0 Å². The van der Waals surface area contributed by atoms with Crippen LogP contribution in [0, 0.1) is 5.92 Å². The molecule has 1 aliphatic carbocycles. The Morgan fingerprint density at radius 3 is 2.33 bits per heavy atom. The SMILES string of the molecule is CN=C(NCc1ccc(COCC(F)(F)F)cc1)NC1CC1C.I. The van der Waals surface area contributed by atoms with Gasteiger partial charge in [-0.1, -0.05) is 31.2 Å². The molecule has 136 valence electrons. The molecule has 0 aliphatic heterocycles. The molecule has 8 heteroatoms. The summed E-state index contributed by atoms with van der Waals surface area (Å²) < 4.78 is 40.6. The van der Waals surface area contributed by atoms with Crippen LogP contribution in [0.1, 0.15) is 24.5 Å². The van der Waals surface area contributed by atoms with Crippen molar-refractivity contribution < 1.29 is 17.9 Å². The van der Waals surface area contributed by atoms with Crippen molar-refractivity contribution in [1.29, 1.82) is 0 Å². The Labute approximate surface area is 157 Å². The van der Waals surface area contributed by atoms with Crippen molar-refractivity contribution in [3.63, 3.8) is 0 Å². The first-order valence-corrected chi connectivity index (χ1v) is 7.57. The number of hydrogen-bond donors (Lipinski definition) is 2. The average molecular weight is 457 g/mol. The maximum Gasteiger partial charge on any atom is 0.411 e. The summed E-state index contributed by atoms with van der Waals surface area (Å²) in [6.45, 7) is 1.52. The predicted molar refractivity (Wildman–Crippen MR) is 98.5 cm³/mol. The zero-order chi connectivity index (χ0) is 16.9. The summed E-state index contributed by atoms with van der Waals surface area (Å²) in [5.74, 6) is 1.45. The van der Waals surface area contributed by atoms with Gasteiger partial charge in [-0.3, -0.25) is 4.99 Å². The van der Waals surface area contributed by atoms with Gasteiger partial charge in [0.25, 0.3) is 0 Å². The van der Waals surface area contributed by atoms with Crippen molar-refractivity contribution in [2.24, 2.45) is 10.9 Å². The molecule has 1 aliphatic rings. The van der Waals surface area contributed by atoms with Crippen LogP contribution in [0.4, 0.5) is 13.2 Å². The molecule has 1 aromatic rings. The van der Waals surface area contributed by atoms with E-state index in [9.17, 15) is 13.2 Å². The second-order valence-corrected chi connectivity index (χ2v) is 5.81. The van der Waals surface area contributed by atoms with Crippen LogP contribution in [0.3, 0.4) is 0 Å². The van der Waals surface area contributed by atoms with E-state index >= 15 is 0 Å². The van der Waals surface area contributed by atoms with Crippen LogP contribution in [-0.4, -0.2) is 31.8 Å². The van der Waals surface area contributed by atoms with Crippen molar-refractivity contribution in [2.45, 2.75) is 38.7 Å². The molecule has 2 atom stereocenters. The Kier molecular flexibility index (Phi) is 8.28. The molecule has 2 rings (SSSR count). The fourth-order valence-electron chi connectivity index (χ4n) is 2.12. The van der Waals surface area contributed by atoms with Gasteiger partial charge in [-0.25, -0.2) is 0 Å². The maximum atomic E-state index is 12.0. The van der Waals surface area contributed by atoms with Gasteiger partial charge >= 0.3 is 6.18 Å². The van der Waals surface area contributed by atoms with Crippen LogP contribution in [0.5, 0.6) is 0 Å². The van der Waals surface area contributed by atoms with Crippen molar-refractivity contribution in [1.82, 2.24) is 10.6 Å². The molecule has 0 saturated heterocycles. The van der Waals surface area contributed by atoms with Gasteiger partial charge in [-0.2, -0.15) is 13.2 Å². The van der Waals surface area contributed by atoms with Crippen LogP contribution in [0.2, 0.25) is 0 Å². The molecular weight excluding hydrogens is 434 g/mol. The van der Waals surface area contributed by atoms with Crippen molar-refractivity contribution in [3.05, 3.63) is 35.4 Å². The van der Waals surface area contributed by atoms with Crippen LogP contribution in [0.25, 0.3) is 0 Å². The number of aliphatic imine (C=N–C) groups is 1. The van der Waals surface area contributed by atoms with E-state index in [0.717, 1.165) is 17.9 Å². The van der Waals surface area contributed by atoms with Crippen LogP contribution in [0.15, 0.2) is 29.3 Å². The summed E-state index contributed by atoms with van der Waals surface area (Å²) in [5.41, 5.74) is 1.74. The summed E-state index contributed by atoms with van der Waals surface area (Å²) in [6, 6.07) is 7.77. The van der Waals surface area contributed by atoms with Gasteiger partial charge in [-0.15, -0.1) is 24.0 Å². The Balaban J connectivity index is 0.00000288. The van der Waals surface area contributed by atoms with E-state index in [0.29, 0.717) is 24.1 Å². The zero-order valence-corrected chi connectivity index (χ0v) is 16.0. The lowest BCUT2D eigenvalue weighted by Crippen LogP contribution is -2.38. The minimum Gasteiger partial charge on any atom is -0.367 e. The lowest BCUT2D eigenvalue weighted by atomic mass is 10.1. The molecule has 0 spiro atoms. The van der Waals surface area contributed by atoms with Crippen LogP contribution >= 0.6 is 24.0 Å². The van der Waals surface area contributed by atoms with Crippen molar-refractivity contribution >= 4 is 29.9 Å². The Morgan fingerprint density at radius 1 is 1.25 bits per heavy atom. The summed E-state index contributed by atoms with van der Waals surface area (Å²) in [4.78, 5) is 4.17. The van der Waals surface area contributed by atoms with E-state index in [2.05, 4.69) is 27.3 Å². The number of ether oxygens (including phenoxy) is 1. The quantitative estimate of drug-likeness (QED) is 0.391. The first-order valence-electron chi connectivity index (χ1n) is 7.57. The van der Waals surface area contributed by atoms with Gasteiger partial charge in [0.05, 0.1) is 6.61 Å². The number of halogens is 4. The summed E-state index contributed by atoms with van der Waals surface area (Å²) >= 11 is 0. The maximum absolute atomic E-state index is 12.0. The molecule has 2 unspecified atom stereocenters. The molecule has 24 heavy (non-hydrogen) atoms. The van der Waals surface area contributed by atoms with Gasteiger partial charge in [0.2, 0.25) is 0 Å². The minimum absolute atomic E-state index is 0. The normalized spacial score (nSPS) is 20.3.